The molecule has 0 spiro atoms. The molecule has 0 atom stereocenters. The van der Waals surface area contributed by atoms with Crippen LogP contribution in [-0.4, -0.2) is 33.4 Å². The van der Waals surface area contributed by atoms with Gasteiger partial charge in [0.25, 0.3) is 5.91 Å². The highest BCUT2D eigenvalue weighted by molar-refractivity contribution is 5.95. The molecule has 11 heteroatoms. The molecule has 1 amide bonds. The fourth-order valence-corrected chi connectivity index (χ4v) is 4.01. The van der Waals surface area contributed by atoms with E-state index in [9.17, 15) is 18.0 Å². The molecule has 1 aliphatic rings. The number of nitrogens with two attached hydrogens (primary N) is 2. The van der Waals surface area contributed by atoms with Gasteiger partial charge in [-0.2, -0.15) is 18.3 Å². The molecule has 5 N–H and O–H groups in total. The number of pyridine rings is 1. The van der Waals surface area contributed by atoms with Gasteiger partial charge in [0.1, 0.15) is 0 Å². The zero-order valence-electron chi connectivity index (χ0n) is 18.0. The molecule has 2 aromatic heterocycles. The van der Waals surface area contributed by atoms with Gasteiger partial charge in [-0.1, -0.05) is 38.0 Å². The third-order valence-electron chi connectivity index (χ3n) is 5.73. The van der Waals surface area contributed by atoms with Crippen LogP contribution in [0.2, 0.25) is 0 Å². The molecule has 1 fully saturated rings. The van der Waals surface area contributed by atoms with Gasteiger partial charge in [0.05, 0.1) is 5.56 Å². The Bertz CT molecular complexity index is 1050. The predicted molar refractivity (Wildman–Crippen MR) is 119 cm³/mol. The first-order valence-electron chi connectivity index (χ1n) is 10.4. The monoisotopic (exact) mass is 461 g/mol. The summed E-state index contributed by atoms with van der Waals surface area (Å²) in [6.07, 6.45) is 6.59. The van der Waals surface area contributed by atoms with Gasteiger partial charge >= 0.3 is 6.18 Å². The SMILES string of the molecule is C=CC=N/C(N)=C(\N)n1cc(C(=O)NCC2(c3cccnc3)CCCCC2)c(C(F)(F)F)n1. The normalized spacial score (nSPS) is 16.9. The van der Waals surface area contributed by atoms with Crippen LogP contribution in [-0.2, 0) is 11.6 Å². The van der Waals surface area contributed by atoms with Crippen molar-refractivity contribution < 1.29 is 18.0 Å². The second-order valence-electron chi connectivity index (χ2n) is 7.88. The first kappa shape index (κ1) is 24.0. The van der Waals surface area contributed by atoms with Crippen molar-refractivity contribution in [1.82, 2.24) is 20.1 Å². The van der Waals surface area contributed by atoms with Crippen molar-refractivity contribution >= 4 is 17.9 Å². The Kier molecular flexibility index (Phi) is 7.19. The van der Waals surface area contributed by atoms with E-state index in [0.29, 0.717) is 4.68 Å². The number of amides is 1. The summed E-state index contributed by atoms with van der Waals surface area (Å²) in [6.45, 7) is 3.61. The summed E-state index contributed by atoms with van der Waals surface area (Å²) in [7, 11) is 0. The summed E-state index contributed by atoms with van der Waals surface area (Å²) in [5.74, 6) is -1.52. The van der Waals surface area contributed by atoms with E-state index in [0.717, 1.165) is 43.9 Å². The van der Waals surface area contributed by atoms with Crippen LogP contribution in [0.25, 0.3) is 5.82 Å². The van der Waals surface area contributed by atoms with E-state index in [2.05, 4.69) is 27.0 Å². The Morgan fingerprint density at radius 1 is 1.30 bits per heavy atom. The van der Waals surface area contributed by atoms with E-state index in [1.165, 1.54) is 12.3 Å². The van der Waals surface area contributed by atoms with Gasteiger partial charge in [0.15, 0.2) is 17.3 Å². The number of alkyl halides is 3. The number of carbonyl (C=O) groups excluding carboxylic acids is 1. The van der Waals surface area contributed by atoms with E-state index in [1.54, 1.807) is 12.4 Å². The number of halogens is 3. The molecule has 2 aromatic rings. The van der Waals surface area contributed by atoms with Crippen molar-refractivity contribution in [2.24, 2.45) is 16.5 Å². The van der Waals surface area contributed by atoms with Crippen molar-refractivity contribution in [3.05, 3.63) is 66.0 Å². The first-order chi connectivity index (χ1) is 15.7. The molecule has 3 rings (SSSR count). The molecule has 0 bridgehead atoms. The lowest BCUT2D eigenvalue weighted by Gasteiger charge is -2.37. The molecule has 1 aliphatic carbocycles. The minimum Gasteiger partial charge on any atom is -0.381 e. The third-order valence-corrected chi connectivity index (χ3v) is 5.73. The van der Waals surface area contributed by atoms with Crippen LogP contribution in [0.3, 0.4) is 0 Å². The largest absolute Gasteiger partial charge is 0.435 e. The second kappa shape index (κ2) is 9.88. The smallest absolute Gasteiger partial charge is 0.381 e. The standard InChI is InChI=1S/C22H26F3N7O/c1-2-10-29-18(26)19(27)32-13-16(17(31-32)22(23,24)25)20(33)30-14-21(8-4-3-5-9-21)15-7-6-11-28-12-15/h2,6-7,10-13H,1,3-5,8-9,14,26-27H2,(H,30,33)/b19-18+,29-10?. The summed E-state index contributed by atoms with van der Waals surface area (Å²) >= 11 is 0. The van der Waals surface area contributed by atoms with Gasteiger partial charge in [-0.25, -0.2) is 9.67 Å². The number of nitrogens with zero attached hydrogens (tertiary/aromatic N) is 4. The molecule has 176 valence electrons. The predicted octanol–water partition coefficient (Wildman–Crippen LogP) is 3.19. The summed E-state index contributed by atoms with van der Waals surface area (Å²) < 4.78 is 41.6. The van der Waals surface area contributed by atoms with Crippen molar-refractivity contribution in [2.45, 2.75) is 43.7 Å². The highest BCUT2D eigenvalue weighted by atomic mass is 19.4. The molecule has 0 radical (unpaired) electrons. The van der Waals surface area contributed by atoms with Crippen molar-refractivity contribution in [1.29, 1.82) is 0 Å². The van der Waals surface area contributed by atoms with E-state index in [1.807, 2.05) is 12.1 Å². The van der Waals surface area contributed by atoms with E-state index in [4.69, 9.17) is 11.5 Å². The number of hydrogen-bond donors (Lipinski definition) is 3. The minimum atomic E-state index is -4.87. The van der Waals surface area contributed by atoms with Gasteiger partial charge < -0.3 is 16.8 Å². The number of rotatable bonds is 7. The van der Waals surface area contributed by atoms with Crippen LogP contribution in [0.1, 0.15) is 53.7 Å². The Morgan fingerprint density at radius 2 is 2.03 bits per heavy atom. The van der Waals surface area contributed by atoms with E-state index >= 15 is 0 Å². The first-order valence-corrected chi connectivity index (χ1v) is 10.4. The minimum absolute atomic E-state index is 0.178. The Morgan fingerprint density at radius 3 is 2.64 bits per heavy atom. The quantitative estimate of drug-likeness (QED) is 0.547. The zero-order chi connectivity index (χ0) is 24.1. The molecular formula is C22H26F3N7O. The number of carbonyl (C=O) groups is 1. The Balaban J connectivity index is 1.90. The van der Waals surface area contributed by atoms with Crippen LogP contribution in [0.5, 0.6) is 0 Å². The lowest BCUT2D eigenvalue weighted by Crippen LogP contribution is -2.42. The lowest BCUT2D eigenvalue weighted by molar-refractivity contribution is -0.141. The molecule has 8 nitrogen and oxygen atoms in total. The fraction of sp³-hybridized carbons (Fsp3) is 0.364. The van der Waals surface area contributed by atoms with Gasteiger partial charge in [-0.05, 0) is 24.5 Å². The van der Waals surface area contributed by atoms with Gasteiger partial charge in [-0.15, -0.1) is 0 Å². The number of hydrogen-bond acceptors (Lipinski definition) is 6. The maximum atomic E-state index is 13.6. The highest BCUT2D eigenvalue weighted by Crippen LogP contribution is 2.39. The number of aliphatic imine (C=N–C) groups is 1. The van der Waals surface area contributed by atoms with E-state index in [-0.39, 0.29) is 23.6 Å². The van der Waals surface area contributed by atoms with Crippen molar-refractivity contribution in [3.63, 3.8) is 0 Å². The summed E-state index contributed by atoms with van der Waals surface area (Å²) in [5.41, 5.74) is 10.0. The van der Waals surface area contributed by atoms with Crippen LogP contribution < -0.4 is 16.8 Å². The molecule has 0 aromatic carbocycles. The number of aromatic nitrogens is 3. The molecule has 0 saturated heterocycles. The molecule has 1 saturated carbocycles. The van der Waals surface area contributed by atoms with Crippen LogP contribution >= 0.6 is 0 Å². The van der Waals surface area contributed by atoms with Crippen LogP contribution in [0.15, 0.2) is 54.2 Å². The second-order valence-corrected chi connectivity index (χ2v) is 7.88. The average molecular weight is 461 g/mol. The van der Waals surface area contributed by atoms with Gasteiger partial charge in [0.2, 0.25) is 0 Å². The number of allylic oxidation sites excluding steroid dienone is 1. The van der Waals surface area contributed by atoms with Crippen LogP contribution in [0.4, 0.5) is 13.2 Å². The van der Waals surface area contributed by atoms with Gasteiger partial charge in [0, 0.05) is 36.8 Å². The summed E-state index contributed by atoms with van der Waals surface area (Å²) in [6, 6.07) is 3.75. The maximum Gasteiger partial charge on any atom is 0.435 e. The molecule has 0 unspecified atom stereocenters. The Hall–Kier alpha value is -3.63. The molecular weight excluding hydrogens is 435 g/mol. The topological polar surface area (TPSA) is 124 Å². The van der Waals surface area contributed by atoms with E-state index < -0.39 is 23.3 Å². The van der Waals surface area contributed by atoms with Crippen molar-refractivity contribution in [3.8, 4) is 0 Å². The number of nitrogens with one attached hydrogen (secondary N) is 1. The Labute approximate surface area is 189 Å². The summed E-state index contributed by atoms with van der Waals surface area (Å²) in [5, 5.41) is 6.15. The molecule has 2 heterocycles. The fourth-order valence-electron chi connectivity index (χ4n) is 4.01. The lowest BCUT2D eigenvalue weighted by atomic mass is 9.70. The highest BCUT2D eigenvalue weighted by Gasteiger charge is 2.40. The summed E-state index contributed by atoms with van der Waals surface area (Å²) in [4.78, 5) is 20.8. The molecule has 33 heavy (non-hydrogen) atoms. The van der Waals surface area contributed by atoms with Gasteiger partial charge in [-0.3, -0.25) is 9.78 Å². The third kappa shape index (κ3) is 5.41. The average Bonchev–Trinajstić information content (AvgIpc) is 3.28. The van der Waals surface area contributed by atoms with Crippen LogP contribution in [0, 0.1) is 0 Å². The molecule has 0 aliphatic heterocycles. The zero-order valence-corrected chi connectivity index (χ0v) is 18.0. The maximum absolute atomic E-state index is 13.6. The van der Waals surface area contributed by atoms with Crippen molar-refractivity contribution in [2.75, 3.05) is 6.54 Å².